The van der Waals surface area contributed by atoms with E-state index in [1.807, 2.05) is 6.07 Å². The summed E-state index contributed by atoms with van der Waals surface area (Å²) in [6.45, 7) is 0.164. The lowest BCUT2D eigenvalue weighted by Crippen LogP contribution is -2.32. The second-order valence-electron chi connectivity index (χ2n) is 4.90. The van der Waals surface area contributed by atoms with E-state index in [9.17, 15) is 8.42 Å². The normalized spacial score (nSPS) is 11.2. The fraction of sp³-hybridized carbons (Fsp3) is 0.250. The molecule has 0 spiro atoms. The second-order valence-corrected chi connectivity index (χ2v) is 7.25. The van der Waals surface area contributed by atoms with Crippen LogP contribution >= 0.6 is 11.6 Å². The Morgan fingerprint density at radius 2 is 2.17 bits per heavy atom. The van der Waals surface area contributed by atoms with Crippen molar-refractivity contribution in [2.24, 2.45) is 0 Å². The van der Waals surface area contributed by atoms with Crippen molar-refractivity contribution in [1.82, 2.24) is 9.29 Å². The van der Waals surface area contributed by atoms with Gasteiger partial charge in [-0.25, -0.2) is 8.42 Å². The van der Waals surface area contributed by atoms with E-state index < -0.39 is 10.0 Å². The molecule has 1 heterocycles. The Morgan fingerprint density at radius 3 is 2.79 bits per heavy atom. The first-order valence-electron chi connectivity index (χ1n) is 7.08. The molecular weight excluding hydrogens is 350 g/mol. The molecule has 0 fully saturated rings. The van der Waals surface area contributed by atoms with Crippen LogP contribution in [0, 0.1) is 11.3 Å². The van der Waals surface area contributed by atoms with Gasteiger partial charge in [-0.2, -0.15) is 9.57 Å². The number of hydrogen-bond donors (Lipinski definition) is 0. The highest BCUT2D eigenvalue weighted by Gasteiger charge is 2.28. The molecule has 2 rings (SSSR count). The molecule has 24 heavy (non-hydrogen) atoms. The first-order chi connectivity index (χ1) is 11.5. The number of nitrogens with zero attached hydrogens (tertiary/aromatic N) is 3. The molecule has 0 atom stereocenters. The summed E-state index contributed by atoms with van der Waals surface area (Å²) >= 11 is 5.95. The van der Waals surface area contributed by atoms with Crippen LogP contribution in [0.2, 0.25) is 5.02 Å². The largest absolute Gasteiger partial charge is 0.495 e. The average Bonchev–Trinajstić information content (AvgIpc) is 2.59. The average molecular weight is 366 g/mol. The SMILES string of the molecule is COc1ccc(Cl)cc1S(=O)(=O)N(CCC#N)Cc1cccnc1. The number of hydrogen-bond acceptors (Lipinski definition) is 5. The first-order valence-corrected chi connectivity index (χ1v) is 8.90. The van der Waals surface area contributed by atoms with Gasteiger partial charge in [-0.1, -0.05) is 17.7 Å². The molecule has 0 unspecified atom stereocenters. The minimum atomic E-state index is -3.89. The van der Waals surface area contributed by atoms with E-state index in [0.29, 0.717) is 0 Å². The summed E-state index contributed by atoms with van der Waals surface area (Å²) in [5.41, 5.74) is 0.722. The van der Waals surface area contributed by atoms with Gasteiger partial charge in [0.25, 0.3) is 0 Å². The van der Waals surface area contributed by atoms with Gasteiger partial charge in [-0.3, -0.25) is 4.98 Å². The predicted molar refractivity (Wildman–Crippen MR) is 90.1 cm³/mol. The molecule has 1 aromatic heterocycles. The topological polar surface area (TPSA) is 83.3 Å². The number of pyridine rings is 1. The molecule has 0 aliphatic rings. The molecule has 0 bridgehead atoms. The lowest BCUT2D eigenvalue weighted by Gasteiger charge is -2.22. The van der Waals surface area contributed by atoms with Crippen LogP contribution in [0.3, 0.4) is 0 Å². The molecule has 126 valence electrons. The molecule has 0 saturated heterocycles. The summed E-state index contributed by atoms with van der Waals surface area (Å²) in [7, 11) is -2.50. The highest BCUT2D eigenvalue weighted by atomic mass is 35.5. The molecule has 0 aliphatic carbocycles. The van der Waals surface area contributed by atoms with Crippen molar-refractivity contribution < 1.29 is 13.2 Å². The zero-order valence-electron chi connectivity index (χ0n) is 13.0. The van der Waals surface area contributed by atoms with Gasteiger partial charge in [-0.05, 0) is 29.8 Å². The smallest absolute Gasteiger partial charge is 0.247 e. The number of halogens is 1. The van der Waals surface area contributed by atoms with Gasteiger partial charge in [0, 0.05) is 36.9 Å². The van der Waals surface area contributed by atoms with Gasteiger partial charge in [0.2, 0.25) is 10.0 Å². The minimum absolute atomic E-state index is 0.0284. The molecular formula is C16H16ClN3O3S. The third-order valence-electron chi connectivity index (χ3n) is 3.30. The molecule has 1 aromatic carbocycles. The monoisotopic (exact) mass is 365 g/mol. The third-order valence-corrected chi connectivity index (χ3v) is 5.40. The van der Waals surface area contributed by atoms with Gasteiger partial charge >= 0.3 is 0 Å². The van der Waals surface area contributed by atoms with E-state index in [0.717, 1.165) is 5.56 Å². The van der Waals surface area contributed by atoms with Crippen molar-refractivity contribution in [3.05, 3.63) is 53.3 Å². The van der Waals surface area contributed by atoms with Crippen LogP contribution in [0.25, 0.3) is 0 Å². The van der Waals surface area contributed by atoms with Crippen molar-refractivity contribution in [1.29, 1.82) is 5.26 Å². The van der Waals surface area contributed by atoms with Gasteiger partial charge in [0.15, 0.2) is 0 Å². The lowest BCUT2D eigenvalue weighted by atomic mass is 10.3. The van der Waals surface area contributed by atoms with Crippen molar-refractivity contribution in [2.45, 2.75) is 17.9 Å². The van der Waals surface area contributed by atoms with Crippen LogP contribution < -0.4 is 4.74 Å². The number of ether oxygens (including phenoxy) is 1. The molecule has 2 aromatic rings. The van der Waals surface area contributed by atoms with Crippen molar-refractivity contribution in [2.75, 3.05) is 13.7 Å². The van der Waals surface area contributed by atoms with Crippen LogP contribution in [0.4, 0.5) is 0 Å². The van der Waals surface area contributed by atoms with E-state index in [1.165, 1.54) is 23.5 Å². The summed E-state index contributed by atoms with van der Waals surface area (Å²) in [5, 5.41) is 9.12. The van der Waals surface area contributed by atoms with Crippen LogP contribution in [-0.2, 0) is 16.6 Å². The van der Waals surface area contributed by atoms with Crippen LogP contribution in [0.15, 0.2) is 47.6 Å². The summed E-state index contributed by atoms with van der Waals surface area (Å²) < 4.78 is 32.4. The Labute approximate surface area is 146 Å². The summed E-state index contributed by atoms with van der Waals surface area (Å²) in [4.78, 5) is 3.96. The highest BCUT2D eigenvalue weighted by Crippen LogP contribution is 2.30. The molecule has 0 aliphatic heterocycles. The van der Waals surface area contributed by atoms with E-state index in [-0.39, 0.29) is 35.2 Å². The first kappa shape index (κ1) is 18.2. The van der Waals surface area contributed by atoms with E-state index >= 15 is 0 Å². The third kappa shape index (κ3) is 4.23. The minimum Gasteiger partial charge on any atom is -0.495 e. The van der Waals surface area contributed by atoms with Crippen LogP contribution in [-0.4, -0.2) is 31.4 Å². The van der Waals surface area contributed by atoms with E-state index in [1.54, 1.807) is 30.6 Å². The number of methoxy groups -OCH3 is 1. The zero-order valence-corrected chi connectivity index (χ0v) is 14.6. The number of rotatable bonds is 7. The highest BCUT2D eigenvalue weighted by molar-refractivity contribution is 7.89. The number of benzene rings is 1. The summed E-state index contributed by atoms with van der Waals surface area (Å²) in [6, 6.07) is 9.87. The Balaban J connectivity index is 2.44. The number of aromatic nitrogens is 1. The second kappa shape index (κ2) is 8.11. The van der Waals surface area contributed by atoms with Crippen molar-refractivity contribution in [3.63, 3.8) is 0 Å². The maximum atomic E-state index is 13.0. The number of nitriles is 1. The fourth-order valence-electron chi connectivity index (χ4n) is 2.15. The maximum absolute atomic E-state index is 13.0. The molecule has 6 nitrogen and oxygen atoms in total. The van der Waals surface area contributed by atoms with Gasteiger partial charge in [0.1, 0.15) is 10.6 Å². The molecule has 0 saturated carbocycles. The lowest BCUT2D eigenvalue weighted by molar-refractivity contribution is 0.388. The summed E-state index contributed by atoms with van der Waals surface area (Å²) in [5.74, 6) is 0.201. The Bertz CT molecular complexity index is 835. The predicted octanol–water partition coefficient (Wildman–Crippen LogP) is 2.85. The Hall–Kier alpha value is -2.14. The zero-order chi connectivity index (χ0) is 17.6. The van der Waals surface area contributed by atoms with E-state index in [4.69, 9.17) is 21.6 Å². The summed E-state index contributed by atoms with van der Waals surface area (Å²) in [6.07, 6.45) is 3.27. The number of sulfonamides is 1. The Kier molecular flexibility index (Phi) is 6.15. The van der Waals surface area contributed by atoms with Gasteiger partial charge in [-0.15, -0.1) is 0 Å². The Morgan fingerprint density at radius 1 is 1.38 bits per heavy atom. The molecule has 0 radical (unpaired) electrons. The molecule has 0 N–H and O–H groups in total. The van der Waals surface area contributed by atoms with Crippen LogP contribution in [0.1, 0.15) is 12.0 Å². The standard InChI is InChI=1S/C16H16ClN3O3S/c1-23-15-6-5-14(17)10-16(15)24(21,22)20(9-3-7-18)12-13-4-2-8-19-11-13/h2,4-6,8,10-11H,3,9,12H2,1H3. The van der Waals surface area contributed by atoms with Gasteiger partial charge in [0.05, 0.1) is 13.2 Å². The van der Waals surface area contributed by atoms with Crippen LogP contribution in [0.5, 0.6) is 5.75 Å². The molecule has 8 heteroatoms. The van der Waals surface area contributed by atoms with E-state index in [2.05, 4.69) is 4.98 Å². The van der Waals surface area contributed by atoms with Crippen molar-refractivity contribution >= 4 is 21.6 Å². The molecule has 0 amide bonds. The maximum Gasteiger partial charge on any atom is 0.247 e. The quantitative estimate of drug-likeness (QED) is 0.753. The van der Waals surface area contributed by atoms with Gasteiger partial charge < -0.3 is 4.74 Å². The fourth-order valence-corrected chi connectivity index (χ4v) is 3.99. The van der Waals surface area contributed by atoms with Crippen molar-refractivity contribution in [3.8, 4) is 11.8 Å².